The Balaban J connectivity index is 2.90. The number of nitrogens with zero attached hydrogens (tertiary/aromatic N) is 1. The Bertz CT molecular complexity index is 541. The van der Waals surface area contributed by atoms with Gasteiger partial charge in [0.1, 0.15) is 0 Å². The minimum atomic E-state index is -3.45. The lowest BCUT2D eigenvalue weighted by atomic mass is 10.1. The fourth-order valence-corrected chi connectivity index (χ4v) is 2.86. The van der Waals surface area contributed by atoms with Crippen LogP contribution >= 0.6 is 0 Å². The highest BCUT2D eigenvalue weighted by molar-refractivity contribution is 7.89. The Kier molecular flexibility index (Phi) is 6.13. The van der Waals surface area contributed by atoms with Crippen LogP contribution in [0.5, 0.6) is 0 Å². The minimum Gasteiger partial charge on any atom is -0.316 e. The van der Waals surface area contributed by atoms with Crippen LogP contribution in [0.4, 0.5) is 0 Å². The van der Waals surface area contributed by atoms with E-state index in [0.717, 1.165) is 11.1 Å². The molecule has 1 aromatic rings. The summed E-state index contributed by atoms with van der Waals surface area (Å²) in [6.45, 7) is 5.00. The van der Waals surface area contributed by atoms with E-state index in [9.17, 15) is 8.42 Å². The predicted octanol–water partition coefficient (Wildman–Crippen LogP) is 0.943. The first-order valence-electron chi connectivity index (χ1n) is 6.68. The van der Waals surface area contributed by atoms with E-state index in [1.165, 1.54) is 0 Å². The molecule has 0 bridgehead atoms. The molecule has 0 radical (unpaired) electrons. The first kappa shape index (κ1) is 17.1. The fourth-order valence-electron chi connectivity index (χ4n) is 1.69. The lowest BCUT2D eigenvalue weighted by Crippen LogP contribution is -2.38. The summed E-state index contributed by atoms with van der Waals surface area (Å²) < 4.78 is 27.2. The summed E-state index contributed by atoms with van der Waals surface area (Å²) in [4.78, 5) is 2.30. The molecule has 0 aliphatic carbocycles. The van der Waals surface area contributed by atoms with Crippen LogP contribution in [0.2, 0.25) is 0 Å². The molecule has 114 valence electrons. The van der Waals surface area contributed by atoms with Crippen LogP contribution in [0.3, 0.4) is 0 Å². The normalized spacial score (nSPS) is 13.7. The average Bonchev–Trinajstić information content (AvgIpc) is 2.38. The first-order chi connectivity index (χ1) is 9.27. The highest BCUT2D eigenvalue weighted by Crippen LogP contribution is 2.15. The molecule has 2 N–H and O–H groups in total. The summed E-state index contributed by atoms with van der Waals surface area (Å²) in [5, 5.41) is 3.05. The third kappa shape index (κ3) is 4.56. The van der Waals surface area contributed by atoms with Gasteiger partial charge in [-0.3, -0.25) is 0 Å². The molecular formula is C14H25N3O2S. The van der Waals surface area contributed by atoms with E-state index in [0.29, 0.717) is 18.0 Å². The molecule has 1 unspecified atom stereocenters. The number of benzene rings is 1. The second kappa shape index (κ2) is 7.17. The maximum atomic E-state index is 12.3. The van der Waals surface area contributed by atoms with Gasteiger partial charge in [0, 0.05) is 19.1 Å². The summed E-state index contributed by atoms with van der Waals surface area (Å²) in [7, 11) is 2.25. The summed E-state index contributed by atoms with van der Waals surface area (Å²) >= 11 is 0. The van der Waals surface area contributed by atoms with Gasteiger partial charge in [-0.1, -0.05) is 6.07 Å². The number of hydrogen-bond donors (Lipinski definition) is 2. The zero-order chi connectivity index (χ0) is 15.3. The zero-order valence-electron chi connectivity index (χ0n) is 12.9. The van der Waals surface area contributed by atoms with Crippen LogP contribution in [0.25, 0.3) is 0 Å². The topological polar surface area (TPSA) is 61.4 Å². The standard InChI is InChI=1S/C14H25N3O2S/c1-11-6-7-14(8-13(11)10-15-3)20(18,19)16-9-12(2)17(4)5/h6-8,12,15-16H,9-10H2,1-5H3. The summed E-state index contributed by atoms with van der Waals surface area (Å²) in [5.41, 5.74) is 2.08. The van der Waals surface area contributed by atoms with Crippen LogP contribution in [0.1, 0.15) is 18.1 Å². The molecule has 0 aliphatic heterocycles. The zero-order valence-corrected chi connectivity index (χ0v) is 13.7. The molecule has 20 heavy (non-hydrogen) atoms. The van der Waals surface area contributed by atoms with Crippen molar-refractivity contribution in [3.63, 3.8) is 0 Å². The molecule has 0 saturated heterocycles. The van der Waals surface area contributed by atoms with Crippen molar-refractivity contribution < 1.29 is 8.42 Å². The molecule has 0 heterocycles. The van der Waals surface area contributed by atoms with Crippen molar-refractivity contribution in [3.05, 3.63) is 29.3 Å². The Morgan fingerprint density at radius 2 is 1.95 bits per heavy atom. The molecule has 1 aromatic carbocycles. The smallest absolute Gasteiger partial charge is 0.240 e. The van der Waals surface area contributed by atoms with Gasteiger partial charge in [-0.25, -0.2) is 13.1 Å². The maximum absolute atomic E-state index is 12.3. The van der Waals surface area contributed by atoms with Gasteiger partial charge in [-0.2, -0.15) is 0 Å². The van der Waals surface area contributed by atoms with Crippen molar-refractivity contribution in [2.24, 2.45) is 0 Å². The van der Waals surface area contributed by atoms with Gasteiger partial charge in [-0.15, -0.1) is 0 Å². The van der Waals surface area contributed by atoms with Gasteiger partial charge < -0.3 is 10.2 Å². The van der Waals surface area contributed by atoms with E-state index in [1.54, 1.807) is 12.1 Å². The molecule has 0 spiro atoms. The predicted molar refractivity (Wildman–Crippen MR) is 82.3 cm³/mol. The third-order valence-corrected chi connectivity index (χ3v) is 4.87. The molecule has 0 amide bonds. The molecule has 0 aliphatic rings. The lowest BCUT2D eigenvalue weighted by Gasteiger charge is -2.20. The van der Waals surface area contributed by atoms with Crippen molar-refractivity contribution in [3.8, 4) is 0 Å². The first-order valence-corrected chi connectivity index (χ1v) is 8.16. The number of likely N-dealkylation sites (N-methyl/N-ethyl adjacent to an activating group) is 1. The molecule has 0 fully saturated rings. The molecule has 5 nitrogen and oxygen atoms in total. The van der Waals surface area contributed by atoms with Gasteiger partial charge in [0.25, 0.3) is 0 Å². The molecule has 0 saturated carbocycles. The quantitative estimate of drug-likeness (QED) is 0.787. The van der Waals surface area contributed by atoms with Crippen LogP contribution in [-0.4, -0.2) is 47.0 Å². The highest BCUT2D eigenvalue weighted by atomic mass is 32.2. The molecule has 0 aromatic heterocycles. The Labute approximate surface area is 122 Å². The highest BCUT2D eigenvalue weighted by Gasteiger charge is 2.16. The lowest BCUT2D eigenvalue weighted by molar-refractivity contribution is 0.314. The van der Waals surface area contributed by atoms with Gasteiger partial charge in [0.2, 0.25) is 10.0 Å². The molecule has 1 atom stereocenters. The van der Waals surface area contributed by atoms with Crippen molar-refractivity contribution in [2.75, 3.05) is 27.7 Å². The van der Waals surface area contributed by atoms with E-state index in [-0.39, 0.29) is 6.04 Å². The Morgan fingerprint density at radius 1 is 1.30 bits per heavy atom. The summed E-state index contributed by atoms with van der Waals surface area (Å²) in [5.74, 6) is 0. The van der Waals surface area contributed by atoms with Crippen LogP contribution < -0.4 is 10.0 Å². The van der Waals surface area contributed by atoms with Crippen molar-refractivity contribution in [1.82, 2.24) is 14.9 Å². The van der Waals surface area contributed by atoms with Crippen molar-refractivity contribution in [2.45, 2.75) is 31.3 Å². The summed E-state index contributed by atoms with van der Waals surface area (Å²) in [6.07, 6.45) is 0. The maximum Gasteiger partial charge on any atom is 0.240 e. The number of nitrogens with one attached hydrogen (secondary N) is 2. The SMILES string of the molecule is CNCc1cc(S(=O)(=O)NCC(C)N(C)C)ccc1C. The number of aryl methyl sites for hydroxylation is 1. The fraction of sp³-hybridized carbons (Fsp3) is 0.571. The van der Waals surface area contributed by atoms with Crippen LogP contribution in [0.15, 0.2) is 23.1 Å². The van der Waals surface area contributed by atoms with Crippen molar-refractivity contribution >= 4 is 10.0 Å². The Morgan fingerprint density at radius 3 is 2.50 bits per heavy atom. The largest absolute Gasteiger partial charge is 0.316 e. The van der Waals surface area contributed by atoms with Crippen LogP contribution in [-0.2, 0) is 16.6 Å². The third-order valence-electron chi connectivity index (χ3n) is 3.45. The van der Waals surface area contributed by atoms with E-state index >= 15 is 0 Å². The number of rotatable bonds is 7. The summed E-state index contributed by atoms with van der Waals surface area (Å²) in [6, 6.07) is 5.37. The second-order valence-corrected chi connectivity index (χ2v) is 7.05. The monoisotopic (exact) mass is 299 g/mol. The molecule has 6 heteroatoms. The van der Waals surface area contributed by atoms with E-state index in [4.69, 9.17) is 0 Å². The number of hydrogen-bond acceptors (Lipinski definition) is 4. The van der Waals surface area contributed by atoms with E-state index in [2.05, 4.69) is 10.0 Å². The molecular weight excluding hydrogens is 274 g/mol. The van der Waals surface area contributed by atoms with Gasteiger partial charge >= 0.3 is 0 Å². The van der Waals surface area contributed by atoms with E-state index < -0.39 is 10.0 Å². The average molecular weight is 299 g/mol. The van der Waals surface area contributed by atoms with Crippen molar-refractivity contribution in [1.29, 1.82) is 0 Å². The second-order valence-electron chi connectivity index (χ2n) is 5.28. The van der Waals surface area contributed by atoms with Crippen LogP contribution in [0, 0.1) is 6.92 Å². The Hall–Kier alpha value is -0.950. The van der Waals surface area contributed by atoms with Gasteiger partial charge in [0.05, 0.1) is 4.90 Å². The number of sulfonamides is 1. The molecule has 1 rings (SSSR count). The van der Waals surface area contributed by atoms with E-state index in [1.807, 2.05) is 46.0 Å². The minimum absolute atomic E-state index is 0.145. The van der Waals surface area contributed by atoms with Gasteiger partial charge in [0.15, 0.2) is 0 Å². The van der Waals surface area contributed by atoms with Gasteiger partial charge in [-0.05, 0) is 58.3 Å².